The zero-order valence-corrected chi connectivity index (χ0v) is 47.0. The van der Waals surface area contributed by atoms with Crippen LogP contribution in [-0.2, 0) is 14.3 Å². The van der Waals surface area contributed by atoms with Gasteiger partial charge in [0, 0.05) is 12.8 Å². The van der Waals surface area contributed by atoms with Crippen molar-refractivity contribution in [3.05, 3.63) is 36.5 Å². The van der Waals surface area contributed by atoms with Crippen LogP contribution in [-0.4, -0.2) is 47.4 Å². The van der Waals surface area contributed by atoms with Crippen molar-refractivity contribution in [2.45, 2.75) is 347 Å². The predicted octanol–water partition coefficient (Wildman–Crippen LogP) is 19.6. The van der Waals surface area contributed by atoms with Gasteiger partial charge in [0.15, 0.2) is 0 Å². The minimum atomic E-state index is -0.676. The molecule has 0 saturated carbocycles. The van der Waals surface area contributed by atoms with Crippen LogP contribution in [0.4, 0.5) is 0 Å². The Bertz CT molecular complexity index is 1130. The maximum atomic E-state index is 12.5. The van der Waals surface area contributed by atoms with Crippen LogP contribution >= 0.6 is 0 Å². The SMILES string of the molecule is CCCCC/C=C\C/C=C\CCCCCCCCCC(=O)OCCCCCC/C=C\CCCCCCCCCC(=O)NC(CO)C(O)CCCCCCCCCCCCCCCCCCCCCCC. The number of allylic oxidation sites excluding steroid dienone is 6. The summed E-state index contributed by atoms with van der Waals surface area (Å²) in [5.74, 6) is -0.0652. The molecular formula is C64H121NO5. The average Bonchev–Trinajstić information content (AvgIpc) is 3.36. The van der Waals surface area contributed by atoms with E-state index >= 15 is 0 Å². The number of amides is 1. The lowest BCUT2D eigenvalue weighted by Gasteiger charge is -2.22. The second kappa shape index (κ2) is 59.6. The third kappa shape index (κ3) is 55.4. The van der Waals surface area contributed by atoms with Crippen LogP contribution in [0.25, 0.3) is 0 Å². The van der Waals surface area contributed by atoms with Crippen molar-refractivity contribution in [2.24, 2.45) is 0 Å². The second-order valence-electron chi connectivity index (χ2n) is 21.4. The minimum absolute atomic E-state index is 0.0173. The summed E-state index contributed by atoms with van der Waals surface area (Å²) < 4.78 is 5.47. The van der Waals surface area contributed by atoms with Gasteiger partial charge in [-0.15, -0.1) is 0 Å². The van der Waals surface area contributed by atoms with E-state index in [9.17, 15) is 19.8 Å². The molecular weight excluding hydrogens is 863 g/mol. The lowest BCUT2D eigenvalue weighted by atomic mass is 10.0. The van der Waals surface area contributed by atoms with E-state index in [0.29, 0.717) is 25.9 Å². The molecule has 0 aromatic heterocycles. The smallest absolute Gasteiger partial charge is 0.305 e. The molecule has 6 nitrogen and oxygen atoms in total. The quantitative estimate of drug-likeness (QED) is 0.0321. The highest BCUT2D eigenvalue weighted by molar-refractivity contribution is 5.76. The number of carbonyl (C=O) groups is 2. The Labute approximate surface area is 436 Å². The van der Waals surface area contributed by atoms with Gasteiger partial charge in [0.25, 0.3) is 0 Å². The van der Waals surface area contributed by atoms with Gasteiger partial charge in [-0.05, 0) is 83.5 Å². The summed E-state index contributed by atoms with van der Waals surface area (Å²) in [6, 6.07) is -0.555. The lowest BCUT2D eigenvalue weighted by molar-refractivity contribution is -0.143. The molecule has 2 atom stereocenters. The van der Waals surface area contributed by atoms with Gasteiger partial charge in [-0.3, -0.25) is 9.59 Å². The summed E-state index contributed by atoms with van der Waals surface area (Å²) >= 11 is 0. The Hall–Kier alpha value is -1.92. The molecule has 0 aliphatic carbocycles. The maximum absolute atomic E-state index is 12.5. The maximum Gasteiger partial charge on any atom is 0.305 e. The van der Waals surface area contributed by atoms with Crippen molar-refractivity contribution >= 4 is 11.9 Å². The van der Waals surface area contributed by atoms with Crippen LogP contribution in [0.15, 0.2) is 36.5 Å². The Morgan fingerprint density at radius 1 is 0.400 bits per heavy atom. The Balaban J connectivity index is 3.47. The Kier molecular flexibility index (Phi) is 58.0. The van der Waals surface area contributed by atoms with Gasteiger partial charge in [-0.25, -0.2) is 0 Å². The summed E-state index contributed by atoms with van der Waals surface area (Å²) in [4.78, 5) is 24.6. The Morgan fingerprint density at radius 3 is 1.13 bits per heavy atom. The van der Waals surface area contributed by atoms with Crippen molar-refractivity contribution in [3.63, 3.8) is 0 Å². The zero-order chi connectivity index (χ0) is 50.7. The molecule has 0 aliphatic heterocycles. The van der Waals surface area contributed by atoms with E-state index in [2.05, 4.69) is 55.6 Å². The van der Waals surface area contributed by atoms with Gasteiger partial charge >= 0.3 is 5.97 Å². The van der Waals surface area contributed by atoms with Crippen LogP contribution in [0.2, 0.25) is 0 Å². The number of nitrogens with one attached hydrogen (secondary N) is 1. The number of rotatable bonds is 58. The van der Waals surface area contributed by atoms with Gasteiger partial charge in [0.05, 0.1) is 25.4 Å². The molecule has 0 radical (unpaired) electrons. The molecule has 412 valence electrons. The summed E-state index contributed by atoms with van der Waals surface area (Å²) in [6.45, 7) is 4.91. The van der Waals surface area contributed by atoms with Crippen molar-refractivity contribution in [1.29, 1.82) is 0 Å². The molecule has 0 bridgehead atoms. The summed E-state index contributed by atoms with van der Waals surface area (Å²) in [7, 11) is 0. The molecule has 0 saturated heterocycles. The van der Waals surface area contributed by atoms with E-state index in [1.54, 1.807) is 0 Å². The monoisotopic (exact) mass is 984 g/mol. The van der Waals surface area contributed by atoms with Crippen LogP contribution in [0.5, 0.6) is 0 Å². The molecule has 0 fully saturated rings. The van der Waals surface area contributed by atoms with Gasteiger partial charge < -0.3 is 20.3 Å². The van der Waals surface area contributed by atoms with Crippen molar-refractivity contribution in [1.82, 2.24) is 5.32 Å². The molecule has 0 aromatic carbocycles. The molecule has 0 aromatic rings. The first-order valence-electron chi connectivity index (χ1n) is 31.2. The molecule has 1 amide bonds. The van der Waals surface area contributed by atoms with E-state index in [-0.39, 0.29) is 18.5 Å². The van der Waals surface area contributed by atoms with Gasteiger partial charge in [0.2, 0.25) is 5.91 Å². The van der Waals surface area contributed by atoms with Crippen LogP contribution in [0.1, 0.15) is 335 Å². The largest absolute Gasteiger partial charge is 0.466 e. The first kappa shape index (κ1) is 68.1. The molecule has 70 heavy (non-hydrogen) atoms. The van der Waals surface area contributed by atoms with E-state index in [1.807, 2.05) is 0 Å². The van der Waals surface area contributed by atoms with Crippen molar-refractivity contribution in [3.8, 4) is 0 Å². The highest BCUT2D eigenvalue weighted by Gasteiger charge is 2.20. The zero-order valence-electron chi connectivity index (χ0n) is 47.0. The number of hydrogen-bond donors (Lipinski definition) is 3. The fourth-order valence-electron chi connectivity index (χ4n) is 9.61. The average molecular weight is 985 g/mol. The third-order valence-electron chi connectivity index (χ3n) is 14.4. The molecule has 0 aliphatic rings. The van der Waals surface area contributed by atoms with Crippen molar-refractivity contribution < 1.29 is 24.5 Å². The van der Waals surface area contributed by atoms with E-state index in [1.165, 1.54) is 225 Å². The summed E-state index contributed by atoms with van der Waals surface area (Å²) in [6.07, 6.45) is 74.3. The van der Waals surface area contributed by atoms with E-state index < -0.39 is 12.1 Å². The standard InChI is InChI=1S/C64H121NO5/c1-3-5-7-9-11-13-15-17-19-21-22-23-24-26-28-32-36-40-44-48-52-56-62(67)61(60-66)65-63(68)57-53-49-45-41-37-33-29-27-31-35-39-43-47-51-55-59-70-64(69)58-54-50-46-42-38-34-30-25-20-18-16-14-12-10-8-6-4-2/h12,14,18,20,31,35,61-62,66-67H,3-11,13,15-17,19,21-30,32-34,36-60H2,1-2H3,(H,65,68)/b14-12-,20-18-,35-31-. The molecule has 0 heterocycles. The van der Waals surface area contributed by atoms with Crippen LogP contribution in [0, 0.1) is 0 Å². The summed E-state index contributed by atoms with van der Waals surface area (Å²) in [5.41, 5.74) is 0. The molecule has 3 N–H and O–H groups in total. The van der Waals surface area contributed by atoms with Crippen LogP contribution in [0.3, 0.4) is 0 Å². The molecule has 6 heteroatoms. The van der Waals surface area contributed by atoms with E-state index in [4.69, 9.17) is 4.74 Å². The number of ether oxygens (including phenoxy) is 1. The first-order valence-corrected chi connectivity index (χ1v) is 31.2. The van der Waals surface area contributed by atoms with Crippen LogP contribution < -0.4 is 5.32 Å². The highest BCUT2D eigenvalue weighted by atomic mass is 16.5. The predicted molar refractivity (Wildman–Crippen MR) is 306 cm³/mol. The number of unbranched alkanes of at least 4 members (excludes halogenated alkanes) is 41. The third-order valence-corrected chi connectivity index (χ3v) is 14.4. The van der Waals surface area contributed by atoms with Crippen molar-refractivity contribution in [2.75, 3.05) is 13.2 Å². The normalized spacial score (nSPS) is 12.8. The fourth-order valence-corrected chi connectivity index (χ4v) is 9.61. The second-order valence-corrected chi connectivity index (χ2v) is 21.4. The number of carbonyl (C=O) groups excluding carboxylic acids is 2. The number of aliphatic hydroxyl groups excluding tert-OH is 2. The number of esters is 1. The number of hydrogen-bond acceptors (Lipinski definition) is 5. The first-order chi connectivity index (χ1) is 34.5. The van der Waals surface area contributed by atoms with Gasteiger partial charge in [0.1, 0.15) is 0 Å². The minimum Gasteiger partial charge on any atom is -0.466 e. The summed E-state index contributed by atoms with van der Waals surface area (Å²) in [5, 5.41) is 23.4. The lowest BCUT2D eigenvalue weighted by Crippen LogP contribution is -2.45. The van der Waals surface area contributed by atoms with E-state index in [0.717, 1.165) is 77.0 Å². The van der Waals surface area contributed by atoms with Gasteiger partial charge in [-0.1, -0.05) is 275 Å². The van der Waals surface area contributed by atoms with Gasteiger partial charge in [-0.2, -0.15) is 0 Å². The number of aliphatic hydroxyl groups is 2. The molecule has 0 spiro atoms. The highest BCUT2D eigenvalue weighted by Crippen LogP contribution is 2.17. The Morgan fingerprint density at radius 2 is 0.714 bits per heavy atom. The fraction of sp³-hybridized carbons (Fsp3) is 0.875. The molecule has 2 unspecified atom stereocenters. The topological polar surface area (TPSA) is 95.9 Å². The molecule has 0 rings (SSSR count).